The Bertz CT molecular complexity index is 750. The Balaban J connectivity index is 2.25. The first kappa shape index (κ1) is 12.9. The molecule has 0 aliphatic rings. The van der Waals surface area contributed by atoms with Crippen molar-refractivity contribution in [3.63, 3.8) is 0 Å². The summed E-state index contributed by atoms with van der Waals surface area (Å²) in [5.74, 6) is 0.638. The molecule has 4 heteroatoms. The minimum atomic E-state index is 0.593. The summed E-state index contributed by atoms with van der Waals surface area (Å²) in [6, 6.07) is 10.3. The molecule has 0 amide bonds. The monoisotopic (exact) mass is 284 g/mol. The standard InChI is InChI=1S/C16H16N2OS/c1-3-19-15-10(2)14(17)13-12(9-20-16(13)18-15)11-7-5-4-6-8-11/h4-9H,3H2,1-2H3,(H2,17,18). The Morgan fingerprint density at radius 2 is 2.00 bits per heavy atom. The van der Waals surface area contributed by atoms with Gasteiger partial charge in [0, 0.05) is 21.9 Å². The van der Waals surface area contributed by atoms with Gasteiger partial charge in [-0.05, 0) is 19.4 Å². The second kappa shape index (κ2) is 5.13. The molecule has 3 nitrogen and oxygen atoms in total. The molecule has 0 saturated carbocycles. The first-order chi connectivity index (χ1) is 9.72. The third-order valence-electron chi connectivity index (χ3n) is 3.33. The van der Waals surface area contributed by atoms with Gasteiger partial charge in [-0.1, -0.05) is 30.3 Å². The van der Waals surface area contributed by atoms with Gasteiger partial charge in [-0.15, -0.1) is 11.3 Å². The van der Waals surface area contributed by atoms with Crippen molar-refractivity contribution in [2.24, 2.45) is 0 Å². The normalized spacial score (nSPS) is 10.9. The fraction of sp³-hybridized carbons (Fsp3) is 0.188. The van der Waals surface area contributed by atoms with Crippen LogP contribution < -0.4 is 10.5 Å². The molecule has 0 atom stereocenters. The zero-order valence-electron chi connectivity index (χ0n) is 11.5. The summed E-state index contributed by atoms with van der Waals surface area (Å²) in [5, 5.41) is 3.14. The minimum absolute atomic E-state index is 0.593. The Labute approximate surface area is 122 Å². The highest BCUT2D eigenvalue weighted by Crippen LogP contribution is 2.40. The summed E-state index contributed by atoms with van der Waals surface area (Å²) in [6.07, 6.45) is 0. The number of fused-ring (bicyclic) bond motifs is 1. The topological polar surface area (TPSA) is 48.1 Å². The van der Waals surface area contributed by atoms with Gasteiger partial charge in [0.25, 0.3) is 0 Å². The van der Waals surface area contributed by atoms with Gasteiger partial charge in [0.2, 0.25) is 5.88 Å². The molecule has 3 rings (SSSR count). The van der Waals surface area contributed by atoms with Crippen molar-refractivity contribution >= 4 is 27.2 Å². The van der Waals surface area contributed by atoms with E-state index in [0.29, 0.717) is 12.5 Å². The average molecular weight is 284 g/mol. The van der Waals surface area contributed by atoms with Crippen molar-refractivity contribution in [3.8, 4) is 17.0 Å². The largest absolute Gasteiger partial charge is 0.478 e. The van der Waals surface area contributed by atoms with E-state index in [1.165, 1.54) is 0 Å². The van der Waals surface area contributed by atoms with Crippen LogP contribution in [-0.4, -0.2) is 11.6 Å². The SMILES string of the molecule is CCOc1nc2scc(-c3ccccc3)c2c(N)c1C. The van der Waals surface area contributed by atoms with Crippen LogP contribution in [-0.2, 0) is 0 Å². The second-order valence-electron chi connectivity index (χ2n) is 4.58. The molecule has 0 aliphatic heterocycles. The molecular formula is C16H16N2OS. The van der Waals surface area contributed by atoms with Crippen LogP contribution in [0.2, 0.25) is 0 Å². The molecule has 0 spiro atoms. The number of nitrogens with two attached hydrogens (primary N) is 1. The molecule has 1 aromatic carbocycles. The molecule has 0 bridgehead atoms. The fourth-order valence-electron chi connectivity index (χ4n) is 2.28. The number of hydrogen-bond acceptors (Lipinski definition) is 4. The van der Waals surface area contributed by atoms with Crippen molar-refractivity contribution in [1.82, 2.24) is 4.98 Å². The maximum absolute atomic E-state index is 6.32. The molecule has 0 radical (unpaired) electrons. The fourth-order valence-corrected chi connectivity index (χ4v) is 3.23. The highest BCUT2D eigenvalue weighted by atomic mass is 32.1. The summed E-state index contributed by atoms with van der Waals surface area (Å²) in [6.45, 7) is 4.50. The van der Waals surface area contributed by atoms with Gasteiger partial charge in [0.15, 0.2) is 0 Å². The van der Waals surface area contributed by atoms with E-state index < -0.39 is 0 Å². The molecule has 20 heavy (non-hydrogen) atoms. The molecule has 0 unspecified atom stereocenters. The molecule has 3 aromatic rings. The van der Waals surface area contributed by atoms with E-state index in [1.54, 1.807) is 11.3 Å². The van der Waals surface area contributed by atoms with E-state index >= 15 is 0 Å². The number of aromatic nitrogens is 1. The average Bonchev–Trinajstić information content (AvgIpc) is 2.89. The van der Waals surface area contributed by atoms with Crippen LogP contribution in [0.3, 0.4) is 0 Å². The Morgan fingerprint density at radius 1 is 1.25 bits per heavy atom. The molecule has 0 saturated heterocycles. The molecule has 2 N–H and O–H groups in total. The predicted molar refractivity (Wildman–Crippen MR) is 85.4 cm³/mol. The van der Waals surface area contributed by atoms with Gasteiger partial charge in [0.1, 0.15) is 4.83 Å². The number of pyridine rings is 1. The lowest BCUT2D eigenvalue weighted by Gasteiger charge is -2.10. The number of ether oxygens (including phenoxy) is 1. The van der Waals surface area contributed by atoms with Crippen LogP contribution in [0.5, 0.6) is 5.88 Å². The third kappa shape index (κ3) is 2.02. The lowest BCUT2D eigenvalue weighted by atomic mass is 10.0. The van der Waals surface area contributed by atoms with Crippen LogP contribution in [0.15, 0.2) is 35.7 Å². The zero-order valence-corrected chi connectivity index (χ0v) is 12.3. The lowest BCUT2D eigenvalue weighted by Crippen LogP contribution is -2.01. The summed E-state index contributed by atoms with van der Waals surface area (Å²) >= 11 is 1.60. The highest BCUT2D eigenvalue weighted by Gasteiger charge is 2.16. The van der Waals surface area contributed by atoms with Gasteiger partial charge < -0.3 is 10.5 Å². The number of thiophene rings is 1. The van der Waals surface area contributed by atoms with Crippen molar-refractivity contribution in [3.05, 3.63) is 41.3 Å². The molecule has 2 aromatic heterocycles. The van der Waals surface area contributed by atoms with Crippen LogP contribution in [0, 0.1) is 6.92 Å². The molecule has 2 heterocycles. The summed E-state index contributed by atoms with van der Waals surface area (Å²) < 4.78 is 5.56. The van der Waals surface area contributed by atoms with Gasteiger partial charge in [-0.25, -0.2) is 4.98 Å². The smallest absolute Gasteiger partial charge is 0.219 e. The van der Waals surface area contributed by atoms with E-state index in [0.717, 1.165) is 32.6 Å². The first-order valence-corrected chi connectivity index (χ1v) is 7.45. The Hall–Kier alpha value is -2.07. The molecular weight excluding hydrogens is 268 g/mol. The number of hydrogen-bond donors (Lipinski definition) is 1. The van der Waals surface area contributed by atoms with E-state index in [4.69, 9.17) is 10.5 Å². The van der Waals surface area contributed by atoms with Crippen LogP contribution in [0.25, 0.3) is 21.3 Å². The van der Waals surface area contributed by atoms with Crippen molar-refractivity contribution in [1.29, 1.82) is 0 Å². The zero-order chi connectivity index (χ0) is 14.1. The van der Waals surface area contributed by atoms with Crippen LogP contribution in [0.4, 0.5) is 5.69 Å². The molecule has 0 aliphatic carbocycles. The van der Waals surface area contributed by atoms with E-state index in [1.807, 2.05) is 32.0 Å². The number of nitrogens with zero attached hydrogens (tertiary/aromatic N) is 1. The maximum atomic E-state index is 6.32. The number of benzene rings is 1. The molecule has 102 valence electrons. The highest BCUT2D eigenvalue weighted by molar-refractivity contribution is 7.17. The van der Waals surface area contributed by atoms with E-state index in [-0.39, 0.29) is 0 Å². The van der Waals surface area contributed by atoms with Gasteiger partial charge in [-0.2, -0.15) is 0 Å². The second-order valence-corrected chi connectivity index (χ2v) is 5.44. The van der Waals surface area contributed by atoms with Gasteiger partial charge in [-0.3, -0.25) is 0 Å². The van der Waals surface area contributed by atoms with E-state index in [9.17, 15) is 0 Å². The number of rotatable bonds is 3. The van der Waals surface area contributed by atoms with Gasteiger partial charge >= 0.3 is 0 Å². The predicted octanol–water partition coefficient (Wildman–Crippen LogP) is 4.25. The molecule has 0 fully saturated rings. The quantitative estimate of drug-likeness (QED) is 0.782. The number of nitrogen functional groups attached to an aromatic ring is 1. The lowest BCUT2D eigenvalue weighted by molar-refractivity contribution is 0.326. The first-order valence-electron chi connectivity index (χ1n) is 6.57. The van der Waals surface area contributed by atoms with Crippen LogP contribution in [0.1, 0.15) is 12.5 Å². The van der Waals surface area contributed by atoms with Crippen molar-refractivity contribution in [2.75, 3.05) is 12.3 Å². The summed E-state index contributed by atoms with van der Waals surface area (Å²) in [5.41, 5.74) is 10.3. The van der Waals surface area contributed by atoms with E-state index in [2.05, 4.69) is 22.5 Å². The number of anilines is 1. The third-order valence-corrected chi connectivity index (χ3v) is 4.21. The maximum Gasteiger partial charge on any atom is 0.219 e. The Kier molecular flexibility index (Phi) is 3.32. The van der Waals surface area contributed by atoms with Crippen LogP contribution >= 0.6 is 11.3 Å². The van der Waals surface area contributed by atoms with Gasteiger partial charge in [0.05, 0.1) is 12.3 Å². The van der Waals surface area contributed by atoms with Crippen molar-refractivity contribution in [2.45, 2.75) is 13.8 Å². The van der Waals surface area contributed by atoms with Crippen molar-refractivity contribution < 1.29 is 4.74 Å². The summed E-state index contributed by atoms with van der Waals surface area (Å²) in [7, 11) is 0. The summed E-state index contributed by atoms with van der Waals surface area (Å²) in [4.78, 5) is 5.51. The Morgan fingerprint density at radius 3 is 2.70 bits per heavy atom. The minimum Gasteiger partial charge on any atom is -0.478 e.